The summed E-state index contributed by atoms with van der Waals surface area (Å²) in [6, 6.07) is 0. The first kappa shape index (κ1) is 9.52. The second-order valence-electron chi connectivity index (χ2n) is 3.56. The van der Waals surface area contributed by atoms with Gasteiger partial charge in [-0.3, -0.25) is 9.69 Å². The zero-order valence-corrected chi connectivity index (χ0v) is 9.05. The first-order valence-electron chi connectivity index (χ1n) is 4.75. The van der Waals surface area contributed by atoms with Crippen molar-refractivity contribution in [3.8, 4) is 0 Å². The number of aromatic nitrogens is 5. The third-order valence-electron chi connectivity index (χ3n) is 2.46. The quantitative estimate of drug-likeness (QED) is 0.668. The molecule has 0 radical (unpaired) electrons. The second kappa shape index (κ2) is 3.41. The number of carbonyl (C=O) groups is 1. The molecule has 7 nitrogen and oxygen atoms in total. The molecule has 1 N–H and O–H groups in total. The summed E-state index contributed by atoms with van der Waals surface area (Å²) in [5.74, 6) is 0.503. The van der Waals surface area contributed by atoms with Gasteiger partial charge in [-0.05, 0) is 0 Å². The van der Waals surface area contributed by atoms with Crippen molar-refractivity contribution in [3.05, 3.63) is 6.33 Å². The van der Waals surface area contributed by atoms with Crippen LogP contribution >= 0.6 is 12.6 Å². The standard InChI is InChI=1S/C8H8N6OS/c15-5-1-4(16)2-14(5)8-6-7(9-3-10-8)12-13-11-6/h3-4,16H,1-2H2,(H,9,10,11,12,13). The van der Waals surface area contributed by atoms with Gasteiger partial charge in [0.2, 0.25) is 11.6 Å². The van der Waals surface area contributed by atoms with Crippen LogP contribution < -0.4 is 4.90 Å². The number of H-pyrrole nitrogens is 1. The van der Waals surface area contributed by atoms with Gasteiger partial charge in [0.25, 0.3) is 0 Å². The first-order chi connectivity index (χ1) is 7.75. The topological polar surface area (TPSA) is 87.7 Å². The van der Waals surface area contributed by atoms with E-state index in [9.17, 15) is 4.79 Å². The molecule has 3 rings (SSSR count). The third kappa shape index (κ3) is 1.33. The summed E-state index contributed by atoms with van der Waals surface area (Å²) in [6.45, 7) is 0.543. The van der Waals surface area contributed by atoms with Crippen LogP contribution in [0.15, 0.2) is 6.33 Å². The van der Waals surface area contributed by atoms with Gasteiger partial charge in [0.05, 0.1) is 0 Å². The zero-order valence-electron chi connectivity index (χ0n) is 8.16. The van der Waals surface area contributed by atoms with Crippen molar-refractivity contribution < 1.29 is 4.79 Å². The molecule has 1 saturated heterocycles. The van der Waals surface area contributed by atoms with Crippen molar-refractivity contribution in [2.75, 3.05) is 11.4 Å². The molecule has 1 atom stereocenters. The molecule has 0 bridgehead atoms. The van der Waals surface area contributed by atoms with E-state index >= 15 is 0 Å². The highest BCUT2D eigenvalue weighted by atomic mass is 32.1. The van der Waals surface area contributed by atoms with Crippen LogP contribution in [0, 0.1) is 0 Å². The minimum Gasteiger partial charge on any atom is -0.294 e. The van der Waals surface area contributed by atoms with Crippen LogP contribution in [0.2, 0.25) is 0 Å². The van der Waals surface area contributed by atoms with Crippen LogP contribution in [-0.2, 0) is 4.79 Å². The van der Waals surface area contributed by atoms with E-state index in [-0.39, 0.29) is 11.2 Å². The lowest BCUT2D eigenvalue weighted by Gasteiger charge is -2.13. The third-order valence-corrected chi connectivity index (χ3v) is 2.81. The number of fused-ring (bicyclic) bond motifs is 1. The van der Waals surface area contributed by atoms with Crippen molar-refractivity contribution in [2.45, 2.75) is 11.7 Å². The molecule has 82 valence electrons. The maximum atomic E-state index is 11.7. The minimum absolute atomic E-state index is 0.00278. The van der Waals surface area contributed by atoms with Crippen molar-refractivity contribution in [3.63, 3.8) is 0 Å². The average Bonchev–Trinajstić information content (AvgIpc) is 2.84. The highest BCUT2D eigenvalue weighted by Gasteiger charge is 2.31. The molecule has 0 aromatic carbocycles. The lowest BCUT2D eigenvalue weighted by Crippen LogP contribution is -2.26. The number of amides is 1. The number of thiol groups is 1. The summed E-state index contributed by atoms with van der Waals surface area (Å²) < 4.78 is 0. The highest BCUT2D eigenvalue weighted by molar-refractivity contribution is 7.81. The van der Waals surface area contributed by atoms with E-state index in [0.717, 1.165) is 0 Å². The van der Waals surface area contributed by atoms with Gasteiger partial charge < -0.3 is 0 Å². The predicted octanol–water partition coefficient (Wildman–Crippen LogP) is -0.217. The SMILES string of the molecule is O=C1CC(S)CN1c1ncnc2n[nH]nc12. The Morgan fingerprint density at radius 1 is 1.44 bits per heavy atom. The molecule has 1 fully saturated rings. The van der Waals surface area contributed by atoms with E-state index in [0.29, 0.717) is 29.9 Å². The molecule has 8 heteroatoms. The molecular formula is C8H8N6OS. The summed E-state index contributed by atoms with van der Waals surface area (Å²) in [7, 11) is 0. The van der Waals surface area contributed by atoms with Crippen LogP contribution in [0.1, 0.15) is 6.42 Å². The normalized spacial score (nSPS) is 20.9. The van der Waals surface area contributed by atoms with Crippen LogP contribution in [0.4, 0.5) is 5.82 Å². The second-order valence-corrected chi connectivity index (χ2v) is 4.29. The fraction of sp³-hybridized carbons (Fsp3) is 0.375. The minimum atomic E-state index is 0.00278. The first-order valence-corrected chi connectivity index (χ1v) is 5.27. The number of aromatic amines is 1. The van der Waals surface area contributed by atoms with Gasteiger partial charge >= 0.3 is 0 Å². The number of rotatable bonds is 1. The van der Waals surface area contributed by atoms with Crippen molar-refractivity contribution in [1.29, 1.82) is 0 Å². The molecule has 2 aromatic heterocycles. The van der Waals surface area contributed by atoms with Gasteiger partial charge in [0.1, 0.15) is 6.33 Å². The van der Waals surface area contributed by atoms with E-state index in [1.54, 1.807) is 4.90 Å². The van der Waals surface area contributed by atoms with E-state index in [4.69, 9.17) is 0 Å². The maximum absolute atomic E-state index is 11.7. The van der Waals surface area contributed by atoms with Crippen molar-refractivity contribution in [1.82, 2.24) is 25.4 Å². The lowest BCUT2D eigenvalue weighted by atomic mass is 10.4. The molecule has 0 spiro atoms. The molecular weight excluding hydrogens is 228 g/mol. The summed E-state index contributed by atoms with van der Waals surface area (Å²) in [6.07, 6.45) is 1.80. The Labute approximate surface area is 95.7 Å². The molecule has 1 aliphatic heterocycles. The van der Waals surface area contributed by atoms with Crippen LogP contribution in [-0.4, -0.2) is 43.1 Å². The van der Waals surface area contributed by atoms with E-state index in [1.165, 1.54) is 6.33 Å². The van der Waals surface area contributed by atoms with E-state index in [1.807, 2.05) is 0 Å². The number of anilines is 1. The summed E-state index contributed by atoms with van der Waals surface area (Å²) in [5, 5.41) is 10.3. The number of nitrogens with one attached hydrogen (secondary N) is 1. The Bertz CT molecular complexity index is 554. The Kier molecular flexibility index (Phi) is 2.03. The van der Waals surface area contributed by atoms with Crippen LogP contribution in [0.3, 0.4) is 0 Å². The summed E-state index contributed by atoms with van der Waals surface area (Å²) in [4.78, 5) is 21.3. The summed E-state index contributed by atoms with van der Waals surface area (Å²) in [5.41, 5.74) is 0.971. The summed E-state index contributed by atoms with van der Waals surface area (Å²) >= 11 is 4.29. The van der Waals surface area contributed by atoms with Gasteiger partial charge in [-0.15, -0.1) is 5.10 Å². The molecule has 1 amide bonds. The van der Waals surface area contributed by atoms with Crippen molar-refractivity contribution in [2.24, 2.45) is 0 Å². The molecule has 1 unspecified atom stereocenters. The van der Waals surface area contributed by atoms with Gasteiger partial charge in [-0.2, -0.15) is 22.9 Å². The molecule has 2 aromatic rings. The number of nitrogens with zero attached hydrogens (tertiary/aromatic N) is 5. The van der Waals surface area contributed by atoms with Gasteiger partial charge in [-0.1, -0.05) is 0 Å². The smallest absolute Gasteiger partial charge is 0.229 e. The molecule has 16 heavy (non-hydrogen) atoms. The van der Waals surface area contributed by atoms with Gasteiger partial charge in [0.15, 0.2) is 11.3 Å². The molecule has 1 aliphatic rings. The number of carbonyl (C=O) groups excluding carboxylic acids is 1. The highest BCUT2D eigenvalue weighted by Crippen LogP contribution is 2.25. The van der Waals surface area contributed by atoms with Gasteiger partial charge in [0, 0.05) is 18.2 Å². The van der Waals surface area contributed by atoms with Gasteiger partial charge in [-0.25, -0.2) is 9.97 Å². The predicted molar refractivity (Wildman–Crippen MR) is 59.2 cm³/mol. The largest absolute Gasteiger partial charge is 0.294 e. The monoisotopic (exact) mass is 236 g/mol. The molecule has 0 saturated carbocycles. The Hall–Kier alpha value is -1.70. The van der Waals surface area contributed by atoms with E-state index in [2.05, 4.69) is 38.0 Å². The maximum Gasteiger partial charge on any atom is 0.229 e. The van der Waals surface area contributed by atoms with E-state index < -0.39 is 0 Å². The van der Waals surface area contributed by atoms with Crippen LogP contribution in [0.5, 0.6) is 0 Å². The number of hydrogen-bond acceptors (Lipinski definition) is 6. The fourth-order valence-electron chi connectivity index (χ4n) is 1.76. The lowest BCUT2D eigenvalue weighted by molar-refractivity contribution is -0.117. The Morgan fingerprint density at radius 3 is 3.06 bits per heavy atom. The molecule has 3 heterocycles. The Balaban J connectivity index is 2.12. The molecule has 0 aliphatic carbocycles. The Morgan fingerprint density at radius 2 is 2.31 bits per heavy atom. The van der Waals surface area contributed by atoms with Crippen LogP contribution in [0.25, 0.3) is 11.2 Å². The number of hydrogen-bond donors (Lipinski definition) is 2. The zero-order chi connectivity index (χ0) is 11.1. The fourth-order valence-corrected chi connectivity index (χ4v) is 2.08. The average molecular weight is 236 g/mol. The van der Waals surface area contributed by atoms with Crippen molar-refractivity contribution >= 4 is 35.5 Å².